The van der Waals surface area contributed by atoms with Crippen LogP contribution in [0.5, 0.6) is 5.75 Å². The van der Waals surface area contributed by atoms with Gasteiger partial charge in [0, 0.05) is 0 Å². The Labute approximate surface area is 128 Å². The summed E-state index contributed by atoms with van der Waals surface area (Å²) >= 11 is 7.81. The summed E-state index contributed by atoms with van der Waals surface area (Å²) < 4.78 is 5.78. The van der Waals surface area contributed by atoms with Crippen molar-refractivity contribution in [3.05, 3.63) is 29.3 Å². The van der Waals surface area contributed by atoms with Crippen molar-refractivity contribution in [3.8, 4) is 5.75 Å². The average Bonchev–Trinajstić information content (AvgIpc) is 3.19. The number of halogens is 1. The standard InChI is InChI=1S/C15H18ClNO2S/c16-13-3-1-2-4-14(13)19-12-7-17(8-12)15(18)10-20-9-11-5-6-11/h1-4,11-12H,5-10H2. The fraction of sp³-hybridized carbons (Fsp3) is 0.533. The highest BCUT2D eigenvalue weighted by molar-refractivity contribution is 7.99. The van der Waals surface area contributed by atoms with Crippen molar-refractivity contribution in [2.75, 3.05) is 24.6 Å². The molecule has 0 atom stereocenters. The monoisotopic (exact) mass is 311 g/mol. The predicted octanol–water partition coefficient (Wildman–Crippen LogP) is 3.07. The van der Waals surface area contributed by atoms with E-state index in [1.165, 1.54) is 12.8 Å². The maximum atomic E-state index is 11.9. The summed E-state index contributed by atoms with van der Waals surface area (Å²) in [4.78, 5) is 13.8. The van der Waals surface area contributed by atoms with Crippen LogP contribution in [-0.2, 0) is 4.79 Å². The van der Waals surface area contributed by atoms with Gasteiger partial charge in [-0.3, -0.25) is 4.79 Å². The van der Waals surface area contributed by atoms with Gasteiger partial charge in [0.1, 0.15) is 11.9 Å². The third-order valence-corrected chi connectivity index (χ3v) is 5.08. The van der Waals surface area contributed by atoms with Gasteiger partial charge in [-0.15, -0.1) is 0 Å². The largest absolute Gasteiger partial charge is 0.485 e. The van der Waals surface area contributed by atoms with Gasteiger partial charge in [-0.2, -0.15) is 11.8 Å². The van der Waals surface area contributed by atoms with Crippen molar-refractivity contribution < 1.29 is 9.53 Å². The second-order valence-electron chi connectivity index (χ2n) is 5.43. The zero-order valence-corrected chi connectivity index (χ0v) is 12.8. The molecule has 0 radical (unpaired) electrons. The number of para-hydroxylation sites is 1. The highest BCUT2D eigenvalue weighted by Crippen LogP contribution is 2.32. The third-order valence-electron chi connectivity index (χ3n) is 3.61. The number of carbonyl (C=O) groups excluding carboxylic acids is 1. The van der Waals surface area contributed by atoms with Gasteiger partial charge in [0.2, 0.25) is 5.91 Å². The molecule has 1 aliphatic heterocycles. The van der Waals surface area contributed by atoms with Gasteiger partial charge in [-0.25, -0.2) is 0 Å². The van der Waals surface area contributed by atoms with E-state index in [0.717, 1.165) is 11.7 Å². The van der Waals surface area contributed by atoms with Crippen LogP contribution in [0.15, 0.2) is 24.3 Å². The van der Waals surface area contributed by atoms with Crippen molar-refractivity contribution >= 4 is 29.3 Å². The quantitative estimate of drug-likeness (QED) is 0.808. The Morgan fingerprint density at radius 1 is 1.35 bits per heavy atom. The molecule has 0 aromatic heterocycles. The van der Waals surface area contributed by atoms with Crippen molar-refractivity contribution in [1.29, 1.82) is 0 Å². The molecular formula is C15H18ClNO2S. The number of benzene rings is 1. The molecule has 108 valence electrons. The number of likely N-dealkylation sites (tertiary alicyclic amines) is 1. The maximum Gasteiger partial charge on any atom is 0.232 e. The first-order valence-electron chi connectivity index (χ1n) is 6.99. The first kappa shape index (κ1) is 14.1. The van der Waals surface area contributed by atoms with Crippen LogP contribution in [0.4, 0.5) is 0 Å². The van der Waals surface area contributed by atoms with Gasteiger partial charge in [-0.05, 0) is 36.6 Å². The van der Waals surface area contributed by atoms with Crippen LogP contribution in [0.3, 0.4) is 0 Å². The molecular weight excluding hydrogens is 294 g/mol. The van der Waals surface area contributed by atoms with E-state index in [4.69, 9.17) is 16.3 Å². The lowest BCUT2D eigenvalue weighted by atomic mass is 10.1. The molecule has 0 spiro atoms. The summed E-state index contributed by atoms with van der Waals surface area (Å²) in [5, 5.41) is 0.622. The van der Waals surface area contributed by atoms with Gasteiger partial charge in [-0.1, -0.05) is 23.7 Å². The maximum absolute atomic E-state index is 11.9. The molecule has 3 nitrogen and oxygen atoms in total. The van der Waals surface area contributed by atoms with E-state index < -0.39 is 0 Å². The van der Waals surface area contributed by atoms with Gasteiger partial charge < -0.3 is 9.64 Å². The van der Waals surface area contributed by atoms with Crippen LogP contribution in [-0.4, -0.2) is 41.5 Å². The Hall–Kier alpha value is -0.870. The fourth-order valence-corrected chi connectivity index (χ4v) is 3.45. The molecule has 0 unspecified atom stereocenters. The lowest BCUT2D eigenvalue weighted by Gasteiger charge is -2.39. The van der Waals surface area contributed by atoms with E-state index in [9.17, 15) is 4.79 Å². The van der Waals surface area contributed by atoms with E-state index in [2.05, 4.69) is 0 Å². The Bertz CT molecular complexity index is 487. The normalized spacial score (nSPS) is 18.8. The topological polar surface area (TPSA) is 29.5 Å². The van der Waals surface area contributed by atoms with Crippen molar-refractivity contribution in [2.24, 2.45) is 5.92 Å². The van der Waals surface area contributed by atoms with Crippen LogP contribution < -0.4 is 4.74 Å². The van der Waals surface area contributed by atoms with Crippen LogP contribution in [0.25, 0.3) is 0 Å². The molecule has 1 aromatic carbocycles. The lowest BCUT2D eigenvalue weighted by Crippen LogP contribution is -2.56. The SMILES string of the molecule is O=C(CSCC1CC1)N1CC(Oc2ccccc2Cl)C1. The molecule has 1 aliphatic carbocycles. The summed E-state index contributed by atoms with van der Waals surface area (Å²) in [6.07, 6.45) is 2.77. The summed E-state index contributed by atoms with van der Waals surface area (Å²) in [6, 6.07) is 7.45. The van der Waals surface area contributed by atoms with Gasteiger partial charge in [0.15, 0.2) is 0 Å². The number of hydrogen-bond acceptors (Lipinski definition) is 3. The molecule has 1 aromatic rings. The first-order valence-corrected chi connectivity index (χ1v) is 8.52. The highest BCUT2D eigenvalue weighted by atomic mass is 35.5. The average molecular weight is 312 g/mol. The van der Waals surface area contributed by atoms with Gasteiger partial charge in [0.05, 0.1) is 23.9 Å². The third kappa shape index (κ3) is 3.61. The number of rotatable bonds is 6. The van der Waals surface area contributed by atoms with Crippen LogP contribution in [0.1, 0.15) is 12.8 Å². The number of carbonyl (C=O) groups is 1. The summed E-state index contributed by atoms with van der Waals surface area (Å²) in [7, 11) is 0. The van der Waals surface area contributed by atoms with Gasteiger partial charge >= 0.3 is 0 Å². The molecule has 0 N–H and O–H groups in total. The number of nitrogens with zero attached hydrogens (tertiary/aromatic N) is 1. The number of amides is 1. The van der Waals surface area contributed by atoms with Crippen LogP contribution in [0.2, 0.25) is 5.02 Å². The molecule has 2 fully saturated rings. The molecule has 1 saturated heterocycles. The molecule has 0 bridgehead atoms. The predicted molar refractivity (Wildman–Crippen MR) is 82.5 cm³/mol. The van der Waals surface area contributed by atoms with E-state index in [0.29, 0.717) is 29.6 Å². The molecule has 20 heavy (non-hydrogen) atoms. The van der Waals surface area contributed by atoms with E-state index in [1.807, 2.05) is 29.2 Å². The molecule has 1 saturated carbocycles. The minimum atomic E-state index is 0.0762. The Balaban J connectivity index is 1.37. The molecule has 3 rings (SSSR count). The summed E-state index contributed by atoms with van der Waals surface area (Å²) in [6.45, 7) is 1.35. The second kappa shape index (κ2) is 6.27. The fourth-order valence-electron chi connectivity index (χ4n) is 2.12. The highest BCUT2D eigenvalue weighted by Gasteiger charge is 2.32. The summed E-state index contributed by atoms with van der Waals surface area (Å²) in [5.74, 6) is 3.55. The zero-order chi connectivity index (χ0) is 13.9. The van der Waals surface area contributed by atoms with E-state index in [1.54, 1.807) is 11.8 Å². The molecule has 1 amide bonds. The second-order valence-corrected chi connectivity index (χ2v) is 6.86. The van der Waals surface area contributed by atoms with Crippen molar-refractivity contribution in [1.82, 2.24) is 4.90 Å². The molecule has 5 heteroatoms. The molecule has 1 heterocycles. The van der Waals surface area contributed by atoms with E-state index >= 15 is 0 Å². The number of hydrogen-bond donors (Lipinski definition) is 0. The minimum Gasteiger partial charge on any atom is -0.485 e. The Morgan fingerprint density at radius 3 is 2.80 bits per heavy atom. The minimum absolute atomic E-state index is 0.0762. The first-order chi connectivity index (χ1) is 9.72. The van der Waals surface area contributed by atoms with Crippen LogP contribution >= 0.6 is 23.4 Å². The Kier molecular flexibility index (Phi) is 4.41. The smallest absolute Gasteiger partial charge is 0.232 e. The number of ether oxygens (including phenoxy) is 1. The molecule has 2 aliphatic rings. The van der Waals surface area contributed by atoms with Crippen LogP contribution in [0, 0.1) is 5.92 Å². The zero-order valence-electron chi connectivity index (χ0n) is 11.3. The number of thioether (sulfide) groups is 1. The van der Waals surface area contributed by atoms with Crippen molar-refractivity contribution in [3.63, 3.8) is 0 Å². The lowest BCUT2D eigenvalue weighted by molar-refractivity contribution is -0.136. The Morgan fingerprint density at radius 2 is 2.10 bits per heavy atom. The van der Waals surface area contributed by atoms with E-state index in [-0.39, 0.29) is 12.0 Å². The van der Waals surface area contributed by atoms with Gasteiger partial charge in [0.25, 0.3) is 0 Å². The van der Waals surface area contributed by atoms with Crippen molar-refractivity contribution in [2.45, 2.75) is 18.9 Å². The summed E-state index contributed by atoms with van der Waals surface area (Å²) in [5.41, 5.74) is 0.